The lowest BCUT2D eigenvalue weighted by molar-refractivity contribution is 0.0140. The number of nitrogens with zero attached hydrogens (tertiary/aromatic N) is 3. The van der Waals surface area contributed by atoms with Crippen molar-refractivity contribution >= 4 is 32.7 Å². The molecular formula is C30H36FN3O4S. The van der Waals surface area contributed by atoms with E-state index in [1.54, 1.807) is 0 Å². The molecule has 0 spiro atoms. The number of anilines is 1. The molecule has 2 aliphatic carbocycles. The van der Waals surface area contributed by atoms with E-state index in [0.717, 1.165) is 61.2 Å². The number of benzene rings is 1. The lowest BCUT2D eigenvalue weighted by Crippen LogP contribution is -2.45. The Bertz CT molecular complexity index is 1390. The average molecular weight is 554 g/mol. The molecule has 0 radical (unpaired) electrons. The molecule has 2 unspecified atom stereocenters. The normalized spacial score (nSPS) is 26.9. The second-order valence-corrected chi connectivity index (χ2v) is 13.9. The molecule has 1 N–H and O–H groups in total. The van der Waals surface area contributed by atoms with Crippen LogP contribution in [0.1, 0.15) is 117 Å². The number of hydrogen-bond donors (Lipinski definition) is 1. The Balaban J connectivity index is 1.06. The van der Waals surface area contributed by atoms with E-state index in [2.05, 4.69) is 28.9 Å². The summed E-state index contributed by atoms with van der Waals surface area (Å²) in [5, 5.41) is 14.7. The highest BCUT2D eigenvalue weighted by Gasteiger charge is 2.43. The van der Waals surface area contributed by atoms with Crippen LogP contribution in [0.15, 0.2) is 16.7 Å². The molecule has 4 fully saturated rings. The summed E-state index contributed by atoms with van der Waals surface area (Å²) in [4.78, 5) is 18.3. The number of piperidine rings is 1. The zero-order valence-corrected chi connectivity index (χ0v) is 23.4. The molecule has 39 heavy (non-hydrogen) atoms. The van der Waals surface area contributed by atoms with Crippen molar-refractivity contribution in [2.45, 2.75) is 115 Å². The van der Waals surface area contributed by atoms with E-state index in [0.29, 0.717) is 40.6 Å². The van der Waals surface area contributed by atoms with Crippen LogP contribution in [-0.4, -0.2) is 39.4 Å². The topological polar surface area (TPSA) is 88.7 Å². The van der Waals surface area contributed by atoms with Gasteiger partial charge in [0.25, 0.3) is 0 Å². The standard InChI is InChI=1S/C30H36FN3O4S/c1-30(2)9-7-16(8-10-30)25-22(27(38-33-25)17-3-4-17)15-37-21-13-19-5-6-20(14-21)34(19)29-32-26-23(31)11-18(28(35)36)12-24(26)39-29/h11-12,16-17,19-21H,3-10,13-15H2,1-2H3,(H,35,36). The van der Waals surface area contributed by atoms with Crippen LogP contribution in [0.4, 0.5) is 9.52 Å². The van der Waals surface area contributed by atoms with Crippen molar-refractivity contribution < 1.29 is 23.6 Å². The summed E-state index contributed by atoms with van der Waals surface area (Å²) >= 11 is 1.39. The number of rotatable bonds is 7. The maximum absolute atomic E-state index is 14.6. The molecule has 4 aliphatic rings. The van der Waals surface area contributed by atoms with Gasteiger partial charge in [0.05, 0.1) is 28.7 Å². The van der Waals surface area contributed by atoms with Gasteiger partial charge >= 0.3 is 5.97 Å². The molecule has 7 nitrogen and oxygen atoms in total. The predicted octanol–water partition coefficient (Wildman–Crippen LogP) is 7.40. The van der Waals surface area contributed by atoms with Gasteiger partial charge in [-0.2, -0.15) is 0 Å². The number of fused-ring (bicyclic) bond motifs is 3. The number of halogens is 1. The minimum atomic E-state index is -1.13. The molecule has 2 bridgehead atoms. The summed E-state index contributed by atoms with van der Waals surface area (Å²) in [7, 11) is 0. The van der Waals surface area contributed by atoms with Crippen LogP contribution in [0.5, 0.6) is 0 Å². The SMILES string of the molecule is CC1(C)CCC(c2noc(C3CC3)c2COC2CC3CCC(C2)N3c2nc3c(F)cc(C(=O)O)cc3s2)CC1. The lowest BCUT2D eigenvalue weighted by Gasteiger charge is -2.38. The molecule has 4 heterocycles. The number of ether oxygens (including phenoxy) is 1. The van der Waals surface area contributed by atoms with Crippen LogP contribution < -0.4 is 4.90 Å². The summed E-state index contributed by atoms with van der Waals surface area (Å²) in [5.41, 5.74) is 2.99. The Kier molecular flexibility index (Phi) is 6.23. The maximum atomic E-state index is 14.6. The Labute approximate surface area is 231 Å². The van der Waals surface area contributed by atoms with E-state index < -0.39 is 11.8 Å². The number of aromatic carboxylic acids is 1. The van der Waals surface area contributed by atoms with Crippen LogP contribution >= 0.6 is 11.3 Å². The quantitative estimate of drug-likeness (QED) is 0.326. The van der Waals surface area contributed by atoms with Crippen molar-refractivity contribution in [1.29, 1.82) is 0 Å². The van der Waals surface area contributed by atoms with E-state index in [1.807, 2.05) is 0 Å². The van der Waals surface area contributed by atoms with Crippen LogP contribution in [0.25, 0.3) is 10.2 Å². The predicted molar refractivity (Wildman–Crippen MR) is 147 cm³/mol. The van der Waals surface area contributed by atoms with Gasteiger partial charge in [-0.15, -0.1) is 0 Å². The van der Waals surface area contributed by atoms with E-state index in [-0.39, 0.29) is 17.2 Å². The van der Waals surface area contributed by atoms with E-state index in [4.69, 9.17) is 9.26 Å². The molecule has 9 heteroatoms. The Morgan fingerprint density at radius 1 is 1.13 bits per heavy atom. The van der Waals surface area contributed by atoms with Gasteiger partial charge < -0.3 is 19.3 Å². The summed E-state index contributed by atoms with van der Waals surface area (Å²) in [5.74, 6) is 0.329. The van der Waals surface area contributed by atoms with Crippen molar-refractivity contribution in [3.8, 4) is 0 Å². The zero-order chi connectivity index (χ0) is 26.9. The first-order chi connectivity index (χ1) is 18.8. The van der Waals surface area contributed by atoms with Gasteiger partial charge in [-0.1, -0.05) is 30.3 Å². The maximum Gasteiger partial charge on any atom is 0.335 e. The minimum Gasteiger partial charge on any atom is -0.478 e. The summed E-state index contributed by atoms with van der Waals surface area (Å²) in [6, 6.07) is 3.18. The van der Waals surface area contributed by atoms with Gasteiger partial charge in [-0.05, 0) is 81.8 Å². The molecular weight excluding hydrogens is 517 g/mol. The molecule has 2 saturated heterocycles. The average Bonchev–Trinajstić information content (AvgIpc) is 3.41. The second kappa shape index (κ2) is 9.54. The Morgan fingerprint density at radius 3 is 2.51 bits per heavy atom. The summed E-state index contributed by atoms with van der Waals surface area (Å²) in [6.45, 7) is 5.30. The third-order valence-electron chi connectivity index (χ3n) is 9.58. The monoisotopic (exact) mass is 553 g/mol. The van der Waals surface area contributed by atoms with Gasteiger partial charge in [0.1, 0.15) is 11.3 Å². The summed E-state index contributed by atoms with van der Waals surface area (Å²) in [6.07, 6.45) is 11.2. The van der Waals surface area contributed by atoms with E-state index in [1.165, 1.54) is 48.6 Å². The molecule has 2 saturated carbocycles. The van der Waals surface area contributed by atoms with Gasteiger partial charge in [0.15, 0.2) is 10.9 Å². The van der Waals surface area contributed by atoms with Crippen molar-refractivity contribution in [2.24, 2.45) is 5.41 Å². The molecule has 2 aromatic heterocycles. The highest BCUT2D eigenvalue weighted by Crippen LogP contribution is 2.48. The van der Waals surface area contributed by atoms with Crippen molar-refractivity contribution in [1.82, 2.24) is 10.1 Å². The molecule has 2 atom stereocenters. The fourth-order valence-corrected chi connectivity index (χ4v) is 8.29. The highest BCUT2D eigenvalue weighted by atomic mass is 32.1. The van der Waals surface area contributed by atoms with Crippen molar-refractivity contribution in [3.63, 3.8) is 0 Å². The van der Waals surface area contributed by atoms with Crippen LogP contribution in [-0.2, 0) is 11.3 Å². The molecule has 2 aliphatic heterocycles. The minimum absolute atomic E-state index is 0.0408. The largest absolute Gasteiger partial charge is 0.478 e. The lowest BCUT2D eigenvalue weighted by atomic mass is 9.72. The van der Waals surface area contributed by atoms with Crippen LogP contribution in [0, 0.1) is 11.2 Å². The van der Waals surface area contributed by atoms with Gasteiger partial charge in [0.2, 0.25) is 0 Å². The fraction of sp³-hybridized carbons (Fsp3) is 0.633. The second-order valence-electron chi connectivity index (χ2n) is 12.9. The first-order valence-electron chi connectivity index (χ1n) is 14.5. The number of carbonyl (C=O) groups is 1. The first-order valence-corrected chi connectivity index (χ1v) is 15.3. The van der Waals surface area contributed by atoms with E-state index in [9.17, 15) is 14.3 Å². The Morgan fingerprint density at radius 2 is 1.85 bits per heavy atom. The fourth-order valence-electron chi connectivity index (χ4n) is 7.13. The number of hydrogen-bond acceptors (Lipinski definition) is 7. The highest BCUT2D eigenvalue weighted by molar-refractivity contribution is 7.22. The Hall–Kier alpha value is -2.52. The molecule has 7 rings (SSSR count). The molecule has 0 amide bonds. The van der Waals surface area contributed by atoms with Crippen LogP contribution in [0.2, 0.25) is 0 Å². The number of carboxylic acids is 1. The molecule has 1 aromatic carbocycles. The number of aromatic nitrogens is 2. The third-order valence-corrected chi connectivity index (χ3v) is 10.6. The number of thiazole rings is 1. The van der Waals surface area contributed by atoms with Crippen molar-refractivity contribution in [2.75, 3.05) is 4.90 Å². The van der Waals surface area contributed by atoms with Crippen LogP contribution in [0.3, 0.4) is 0 Å². The number of carboxylic acid groups (broad SMARTS) is 1. The van der Waals surface area contributed by atoms with Gasteiger partial charge in [0, 0.05) is 29.5 Å². The smallest absolute Gasteiger partial charge is 0.335 e. The third kappa shape index (κ3) is 4.75. The van der Waals surface area contributed by atoms with Gasteiger partial charge in [-0.3, -0.25) is 0 Å². The molecule has 208 valence electrons. The van der Waals surface area contributed by atoms with Crippen molar-refractivity contribution in [3.05, 3.63) is 40.5 Å². The first kappa shape index (κ1) is 25.4. The molecule has 3 aromatic rings. The van der Waals surface area contributed by atoms with Gasteiger partial charge in [-0.25, -0.2) is 14.2 Å². The van der Waals surface area contributed by atoms with E-state index >= 15 is 0 Å². The zero-order valence-electron chi connectivity index (χ0n) is 22.6. The summed E-state index contributed by atoms with van der Waals surface area (Å²) < 4.78 is 27.8.